The van der Waals surface area contributed by atoms with Crippen molar-refractivity contribution >= 4 is 17.0 Å². The van der Waals surface area contributed by atoms with Crippen molar-refractivity contribution in [3.63, 3.8) is 0 Å². The maximum atomic E-state index is 4.44. The van der Waals surface area contributed by atoms with Gasteiger partial charge in [0.25, 0.3) is 0 Å². The summed E-state index contributed by atoms with van der Waals surface area (Å²) >= 11 is 0. The molecule has 6 nitrogen and oxygen atoms in total. The number of hydrogen-bond acceptors (Lipinski definition) is 4. The molecule has 0 saturated heterocycles. The van der Waals surface area contributed by atoms with Crippen molar-refractivity contribution in [2.24, 2.45) is 0 Å². The second-order valence-electron chi connectivity index (χ2n) is 3.99. The fourth-order valence-corrected chi connectivity index (χ4v) is 1.88. The van der Waals surface area contributed by atoms with Crippen LogP contribution in [0.1, 0.15) is 12.7 Å². The normalized spacial score (nSPS) is 10.9. The van der Waals surface area contributed by atoms with Crippen LogP contribution in [0.15, 0.2) is 30.6 Å². The number of nitrogens with one attached hydrogen (secondary N) is 2. The molecule has 3 rings (SSSR count). The fourth-order valence-electron chi connectivity index (χ4n) is 1.88. The van der Waals surface area contributed by atoms with Gasteiger partial charge in [-0.1, -0.05) is 12.1 Å². The minimum atomic E-state index is 0.605. The van der Waals surface area contributed by atoms with Crippen molar-refractivity contribution in [3.8, 4) is 0 Å². The molecule has 3 aromatic rings. The third-order valence-corrected chi connectivity index (χ3v) is 2.84. The third-order valence-electron chi connectivity index (χ3n) is 2.84. The van der Waals surface area contributed by atoms with E-state index in [1.54, 1.807) is 6.33 Å². The minimum absolute atomic E-state index is 0.605. The Bertz CT molecular complexity index is 620. The molecule has 0 amide bonds. The summed E-state index contributed by atoms with van der Waals surface area (Å²) in [6.45, 7) is 3.53. The van der Waals surface area contributed by atoms with Crippen molar-refractivity contribution in [1.82, 2.24) is 24.7 Å². The summed E-state index contributed by atoms with van der Waals surface area (Å²) in [4.78, 5) is 7.66. The molecular weight excluding hydrogens is 228 g/mol. The Kier molecular flexibility index (Phi) is 2.68. The number of anilines is 1. The van der Waals surface area contributed by atoms with Gasteiger partial charge in [-0.05, 0) is 19.1 Å². The molecule has 1 aromatic carbocycles. The second kappa shape index (κ2) is 4.48. The lowest BCUT2D eigenvalue weighted by atomic mass is 10.3. The van der Waals surface area contributed by atoms with E-state index in [-0.39, 0.29) is 0 Å². The van der Waals surface area contributed by atoms with Gasteiger partial charge in [0.1, 0.15) is 6.33 Å². The first-order chi connectivity index (χ1) is 8.86. The number of aromatic amines is 1. The molecule has 2 aromatic heterocycles. The van der Waals surface area contributed by atoms with E-state index in [9.17, 15) is 0 Å². The fraction of sp³-hybridized carbons (Fsp3) is 0.250. The van der Waals surface area contributed by atoms with Crippen LogP contribution >= 0.6 is 0 Å². The van der Waals surface area contributed by atoms with Gasteiger partial charge in [0.2, 0.25) is 5.95 Å². The molecule has 18 heavy (non-hydrogen) atoms. The highest BCUT2D eigenvalue weighted by molar-refractivity contribution is 5.77. The van der Waals surface area contributed by atoms with Crippen molar-refractivity contribution < 1.29 is 0 Å². The predicted molar refractivity (Wildman–Crippen MR) is 69.1 cm³/mol. The van der Waals surface area contributed by atoms with Gasteiger partial charge in [0, 0.05) is 6.54 Å². The quantitative estimate of drug-likeness (QED) is 0.731. The van der Waals surface area contributed by atoms with Gasteiger partial charge < -0.3 is 14.9 Å². The number of fused-ring (bicyclic) bond motifs is 1. The number of benzene rings is 1. The maximum Gasteiger partial charge on any atom is 0.201 e. The van der Waals surface area contributed by atoms with Gasteiger partial charge in [0.15, 0.2) is 5.82 Å². The molecule has 0 aliphatic carbocycles. The zero-order valence-electron chi connectivity index (χ0n) is 10.1. The van der Waals surface area contributed by atoms with Crippen molar-refractivity contribution in [2.45, 2.75) is 20.0 Å². The van der Waals surface area contributed by atoms with Crippen LogP contribution in [0.2, 0.25) is 0 Å². The lowest BCUT2D eigenvalue weighted by Gasteiger charge is -2.03. The summed E-state index contributed by atoms with van der Waals surface area (Å²) in [6, 6.07) is 7.94. The van der Waals surface area contributed by atoms with Gasteiger partial charge in [-0.3, -0.25) is 0 Å². The Hall–Kier alpha value is -2.37. The minimum Gasteiger partial charge on any atom is -0.348 e. The number of hydrogen-bond donors (Lipinski definition) is 2. The number of imidazole rings is 1. The van der Waals surface area contributed by atoms with E-state index in [1.165, 1.54) is 0 Å². The molecule has 0 aliphatic heterocycles. The summed E-state index contributed by atoms with van der Waals surface area (Å²) in [6.07, 6.45) is 1.73. The molecule has 0 spiro atoms. The van der Waals surface area contributed by atoms with Crippen LogP contribution in [0.5, 0.6) is 0 Å². The number of H-pyrrole nitrogens is 1. The van der Waals surface area contributed by atoms with E-state index in [0.29, 0.717) is 6.54 Å². The third kappa shape index (κ3) is 1.92. The van der Waals surface area contributed by atoms with Crippen LogP contribution in [0.4, 0.5) is 5.95 Å². The van der Waals surface area contributed by atoms with Gasteiger partial charge in [-0.25, -0.2) is 4.98 Å². The maximum absolute atomic E-state index is 4.44. The van der Waals surface area contributed by atoms with E-state index < -0.39 is 0 Å². The van der Waals surface area contributed by atoms with Crippen LogP contribution in [0, 0.1) is 0 Å². The lowest BCUT2D eigenvalue weighted by molar-refractivity contribution is 0.707. The Labute approximate surface area is 104 Å². The average Bonchev–Trinajstić information content (AvgIpc) is 3.01. The van der Waals surface area contributed by atoms with Crippen LogP contribution in [-0.4, -0.2) is 24.7 Å². The zero-order valence-corrected chi connectivity index (χ0v) is 10.1. The summed E-state index contributed by atoms with van der Waals surface area (Å²) in [5.74, 6) is 1.65. The van der Waals surface area contributed by atoms with Crippen molar-refractivity contribution in [2.75, 3.05) is 5.32 Å². The van der Waals surface area contributed by atoms with E-state index in [4.69, 9.17) is 0 Å². The highest BCUT2D eigenvalue weighted by atomic mass is 15.3. The predicted octanol–water partition coefficient (Wildman–Crippen LogP) is 1.79. The SMILES string of the molecule is CCn1cnnc1CNc1nc2ccccc2[nH]1. The molecule has 0 bridgehead atoms. The molecule has 2 N–H and O–H groups in total. The molecule has 0 aliphatic rings. The Morgan fingerprint density at radius 3 is 3.06 bits per heavy atom. The molecule has 92 valence electrons. The first-order valence-corrected chi connectivity index (χ1v) is 5.92. The molecule has 0 atom stereocenters. The molecule has 0 radical (unpaired) electrons. The highest BCUT2D eigenvalue weighted by Crippen LogP contribution is 2.13. The number of aromatic nitrogens is 5. The summed E-state index contributed by atoms with van der Waals surface area (Å²) < 4.78 is 2.00. The Morgan fingerprint density at radius 1 is 1.33 bits per heavy atom. The number of nitrogens with zero attached hydrogens (tertiary/aromatic N) is 4. The summed E-state index contributed by atoms with van der Waals surface area (Å²) in [5.41, 5.74) is 1.98. The molecule has 0 fully saturated rings. The number of aryl methyl sites for hydroxylation is 1. The first-order valence-electron chi connectivity index (χ1n) is 5.92. The van der Waals surface area contributed by atoms with E-state index in [1.807, 2.05) is 28.8 Å². The van der Waals surface area contributed by atoms with Gasteiger partial charge in [-0.2, -0.15) is 0 Å². The van der Waals surface area contributed by atoms with E-state index >= 15 is 0 Å². The van der Waals surface area contributed by atoms with Crippen LogP contribution < -0.4 is 5.32 Å². The van der Waals surface area contributed by atoms with Crippen LogP contribution in [0.3, 0.4) is 0 Å². The van der Waals surface area contributed by atoms with Crippen LogP contribution in [-0.2, 0) is 13.1 Å². The molecule has 0 unspecified atom stereocenters. The smallest absolute Gasteiger partial charge is 0.201 e. The monoisotopic (exact) mass is 242 g/mol. The van der Waals surface area contributed by atoms with Gasteiger partial charge in [-0.15, -0.1) is 10.2 Å². The molecule has 0 saturated carbocycles. The van der Waals surface area contributed by atoms with E-state index in [2.05, 4.69) is 32.4 Å². The highest BCUT2D eigenvalue weighted by Gasteiger charge is 2.04. The van der Waals surface area contributed by atoms with Crippen LogP contribution in [0.25, 0.3) is 11.0 Å². The second-order valence-corrected chi connectivity index (χ2v) is 3.99. The molecule has 6 heteroatoms. The first kappa shape index (κ1) is 10.8. The lowest BCUT2D eigenvalue weighted by Crippen LogP contribution is -2.08. The zero-order chi connectivity index (χ0) is 12.4. The summed E-state index contributed by atoms with van der Waals surface area (Å²) in [7, 11) is 0. The molecule has 2 heterocycles. The molecular formula is C12H14N6. The topological polar surface area (TPSA) is 71.4 Å². The standard InChI is InChI=1S/C12H14N6/c1-2-18-8-14-17-11(18)7-13-12-15-9-5-3-4-6-10(9)16-12/h3-6,8H,2,7H2,1H3,(H2,13,15,16). The number of para-hydroxylation sites is 2. The van der Waals surface area contributed by atoms with Crippen molar-refractivity contribution in [1.29, 1.82) is 0 Å². The Balaban J connectivity index is 1.77. The van der Waals surface area contributed by atoms with Crippen molar-refractivity contribution in [3.05, 3.63) is 36.4 Å². The van der Waals surface area contributed by atoms with Gasteiger partial charge >= 0.3 is 0 Å². The number of rotatable bonds is 4. The summed E-state index contributed by atoms with van der Waals surface area (Å²) in [5, 5.41) is 11.2. The Morgan fingerprint density at radius 2 is 2.22 bits per heavy atom. The van der Waals surface area contributed by atoms with E-state index in [0.717, 1.165) is 29.4 Å². The van der Waals surface area contributed by atoms with Gasteiger partial charge in [0.05, 0.1) is 17.6 Å². The average molecular weight is 242 g/mol. The largest absolute Gasteiger partial charge is 0.348 e.